The summed E-state index contributed by atoms with van der Waals surface area (Å²) in [6, 6.07) is 14.2. The van der Waals surface area contributed by atoms with Crippen LogP contribution in [-0.4, -0.2) is 33.5 Å². The van der Waals surface area contributed by atoms with Gasteiger partial charge in [-0.25, -0.2) is 0 Å². The molecule has 0 aliphatic carbocycles. The Morgan fingerprint density at radius 1 is 1.15 bits per heavy atom. The lowest BCUT2D eigenvalue weighted by molar-refractivity contribution is -0.120. The van der Waals surface area contributed by atoms with E-state index in [0.717, 1.165) is 17.5 Å². The number of nitrogens with zero attached hydrogens (tertiary/aromatic N) is 2. The first-order valence-corrected chi connectivity index (χ1v) is 9.24. The highest BCUT2D eigenvalue weighted by Gasteiger charge is 2.13. The van der Waals surface area contributed by atoms with Crippen LogP contribution >= 0.6 is 12.2 Å². The van der Waals surface area contributed by atoms with E-state index < -0.39 is 0 Å². The van der Waals surface area contributed by atoms with Crippen LogP contribution in [-0.2, 0) is 17.9 Å². The van der Waals surface area contributed by atoms with E-state index in [0.29, 0.717) is 18.2 Å². The number of benzene rings is 1. The van der Waals surface area contributed by atoms with Crippen LogP contribution in [0.3, 0.4) is 0 Å². The predicted molar refractivity (Wildman–Crippen MR) is 108 cm³/mol. The number of rotatable bonds is 8. The maximum atomic E-state index is 12.0. The fourth-order valence-electron chi connectivity index (χ4n) is 2.41. The highest BCUT2D eigenvalue weighted by atomic mass is 32.1. The van der Waals surface area contributed by atoms with Crippen molar-refractivity contribution >= 4 is 23.2 Å². The third-order valence-corrected chi connectivity index (χ3v) is 4.42. The number of carbonyl (C=O) groups excluding carboxylic acids is 1. The Labute approximate surface area is 160 Å². The van der Waals surface area contributed by atoms with E-state index in [4.69, 9.17) is 12.2 Å². The second-order valence-electron chi connectivity index (χ2n) is 6.24. The zero-order chi connectivity index (χ0) is 18.8. The quantitative estimate of drug-likeness (QED) is 0.700. The van der Waals surface area contributed by atoms with Crippen LogP contribution < -0.4 is 10.6 Å². The highest BCUT2D eigenvalue weighted by molar-refractivity contribution is 7.80. The average Bonchev–Trinajstić information content (AvgIpc) is 2.67. The second-order valence-corrected chi connectivity index (χ2v) is 6.63. The van der Waals surface area contributed by atoms with Gasteiger partial charge in [0.2, 0.25) is 5.91 Å². The fraction of sp³-hybridized carbons (Fsp3) is 0.350. The zero-order valence-corrected chi connectivity index (χ0v) is 16.1. The molecule has 0 fully saturated rings. The van der Waals surface area contributed by atoms with E-state index in [2.05, 4.69) is 27.8 Å². The van der Waals surface area contributed by atoms with Crippen LogP contribution in [0.15, 0.2) is 54.9 Å². The first-order valence-electron chi connectivity index (χ1n) is 8.83. The van der Waals surface area contributed by atoms with Crippen LogP contribution in [0.2, 0.25) is 0 Å². The van der Waals surface area contributed by atoms with E-state index >= 15 is 0 Å². The smallest absolute Gasteiger partial charge is 0.239 e. The Balaban J connectivity index is 2.00. The number of carbonyl (C=O) groups is 1. The van der Waals surface area contributed by atoms with Gasteiger partial charge in [0.1, 0.15) is 0 Å². The monoisotopic (exact) mass is 370 g/mol. The molecule has 0 aliphatic rings. The molecule has 2 N–H and O–H groups in total. The Hall–Kier alpha value is -2.47. The number of pyridine rings is 1. The van der Waals surface area contributed by atoms with Gasteiger partial charge in [-0.2, -0.15) is 0 Å². The summed E-state index contributed by atoms with van der Waals surface area (Å²) >= 11 is 5.55. The number of nitrogens with one attached hydrogen (secondary N) is 2. The first kappa shape index (κ1) is 19.8. The lowest BCUT2D eigenvalue weighted by atomic mass is 10.2. The summed E-state index contributed by atoms with van der Waals surface area (Å²) in [5, 5.41) is 6.56. The highest BCUT2D eigenvalue weighted by Crippen LogP contribution is 2.09. The average molecular weight is 371 g/mol. The molecule has 138 valence electrons. The molecule has 0 saturated carbocycles. The van der Waals surface area contributed by atoms with E-state index in [-0.39, 0.29) is 18.5 Å². The first-order chi connectivity index (χ1) is 12.6. The van der Waals surface area contributed by atoms with Crippen molar-refractivity contribution in [2.75, 3.05) is 6.54 Å². The minimum atomic E-state index is -0.0530. The third-order valence-electron chi connectivity index (χ3n) is 4.02. The molecule has 5 nitrogen and oxygen atoms in total. The van der Waals surface area contributed by atoms with E-state index in [9.17, 15) is 4.79 Å². The molecule has 0 bridgehead atoms. The van der Waals surface area contributed by atoms with Crippen molar-refractivity contribution in [2.24, 2.45) is 0 Å². The molecule has 0 saturated heterocycles. The van der Waals surface area contributed by atoms with Crippen LogP contribution in [0.4, 0.5) is 0 Å². The van der Waals surface area contributed by atoms with E-state index in [1.807, 2.05) is 55.3 Å². The van der Waals surface area contributed by atoms with E-state index in [1.165, 1.54) is 0 Å². The van der Waals surface area contributed by atoms with Crippen LogP contribution in [0.1, 0.15) is 31.4 Å². The Kier molecular flexibility index (Phi) is 8.02. The molecule has 0 radical (unpaired) electrons. The van der Waals surface area contributed by atoms with Crippen molar-refractivity contribution in [3.05, 3.63) is 66.0 Å². The summed E-state index contributed by atoms with van der Waals surface area (Å²) in [6.45, 7) is 5.48. The Morgan fingerprint density at radius 3 is 2.50 bits per heavy atom. The summed E-state index contributed by atoms with van der Waals surface area (Å²) in [4.78, 5) is 18.2. The molecule has 0 spiro atoms. The third kappa shape index (κ3) is 6.80. The molecule has 6 heteroatoms. The second kappa shape index (κ2) is 10.5. The van der Waals surface area contributed by atoms with Gasteiger partial charge in [0.15, 0.2) is 5.11 Å². The van der Waals surface area contributed by atoms with Crippen molar-refractivity contribution in [1.29, 1.82) is 0 Å². The maximum absolute atomic E-state index is 12.0. The topological polar surface area (TPSA) is 57.3 Å². The number of thiocarbonyl (C=S) groups is 1. The minimum Gasteiger partial charge on any atom is -0.353 e. The van der Waals surface area contributed by atoms with Crippen molar-refractivity contribution in [3.63, 3.8) is 0 Å². The standard InChI is InChI=1S/C20H26N4OS/c1-3-16(2)23-19(25)13-22-20(26)24(14-17-8-5-4-6-9-17)15-18-10-7-11-21-12-18/h4-12,16H,3,13-15H2,1-2H3,(H,22,26)(H,23,25)/t16-/m1/s1. The normalized spacial score (nSPS) is 11.5. The van der Waals surface area contributed by atoms with Gasteiger partial charge in [-0.05, 0) is 42.8 Å². The fourth-order valence-corrected chi connectivity index (χ4v) is 2.61. The van der Waals surface area contributed by atoms with Gasteiger partial charge in [-0.1, -0.05) is 43.3 Å². The zero-order valence-electron chi connectivity index (χ0n) is 15.3. The van der Waals surface area contributed by atoms with Crippen molar-refractivity contribution in [2.45, 2.75) is 39.4 Å². The number of hydrogen-bond acceptors (Lipinski definition) is 3. The molecule has 26 heavy (non-hydrogen) atoms. The molecule has 1 aromatic carbocycles. The lowest BCUT2D eigenvalue weighted by Gasteiger charge is -2.26. The van der Waals surface area contributed by atoms with E-state index in [1.54, 1.807) is 6.20 Å². The molecule has 1 amide bonds. The SMILES string of the molecule is CC[C@@H](C)NC(=O)CNC(=S)N(Cc1ccccc1)Cc1cccnc1. The molecular weight excluding hydrogens is 344 g/mol. The molecule has 2 rings (SSSR count). The van der Waals surface area contributed by atoms with Crippen molar-refractivity contribution in [3.8, 4) is 0 Å². The van der Waals surface area contributed by atoms with Crippen molar-refractivity contribution < 1.29 is 4.79 Å². The maximum Gasteiger partial charge on any atom is 0.239 e. The van der Waals surface area contributed by atoms with Gasteiger partial charge in [-0.15, -0.1) is 0 Å². The van der Waals surface area contributed by atoms with Gasteiger partial charge >= 0.3 is 0 Å². The number of aromatic nitrogens is 1. The molecule has 1 aromatic heterocycles. The predicted octanol–water partition coefficient (Wildman–Crippen LogP) is 2.87. The summed E-state index contributed by atoms with van der Waals surface area (Å²) in [5.41, 5.74) is 2.22. The Bertz CT molecular complexity index is 652. The largest absolute Gasteiger partial charge is 0.353 e. The molecular formula is C20H26N4OS. The summed E-state index contributed by atoms with van der Waals surface area (Å²) < 4.78 is 0. The van der Waals surface area contributed by atoms with Crippen LogP contribution in [0.25, 0.3) is 0 Å². The summed E-state index contributed by atoms with van der Waals surface area (Å²) in [7, 11) is 0. The molecule has 0 unspecified atom stereocenters. The van der Waals surface area contributed by atoms with Gasteiger partial charge in [0.25, 0.3) is 0 Å². The molecule has 1 atom stereocenters. The van der Waals surface area contributed by atoms with Crippen molar-refractivity contribution in [1.82, 2.24) is 20.5 Å². The molecule has 1 heterocycles. The molecule has 0 aliphatic heterocycles. The van der Waals surface area contributed by atoms with Gasteiger partial charge < -0.3 is 15.5 Å². The lowest BCUT2D eigenvalue weighted by Crippen LogP contribution is -2.45. The summed E-state index contributed by atoms with van der Waals surface area (Å²) in [6.07, 6.45) is 4.48. The minimum absolute atomic E-state index is 0.0530. The summed E-state index contributed by atoms with van der Waals surface area (Å²) in [5.74, 6) is -0.0530. The van der Waals surface area contributed by atoms with Crippen LogP contribution in [0.5, 0.6) is 0 Å². The van der Waals surface area contributed by atoms with Gasteiger partial charge in [-0.3, -0.25) is 9.78 Å². The number of amides is 1. The molecule has 2 aromatic rings. The van der Waals surface area contributed by atoms with Crippen LogP contribution in [0, 0.1) is 0 Å². The number of hydrogen-bond donors (Lipinski definition) is 2. The van der Waals surface area contributed by atoms with Gasteiger partial charge in [0, 0.05) is 31.5 Å². The van der Waals surface area contributed by atoms with Gasteiger partial charge in [0.05, 0.1) is 6.54 Å². The Morgan fingerprint density at radius 2 is 1.85 bits per heavy atom.